The van der Waals surface area contributed by atoms with Crippen LogP contribution in [0.4, 0.5) is 0 Å². The smallest absolute Gasteiger partial charge is 0.0940 e. The monoisotopic (exact) mass is 290 g/mol. The fourth-order valence-electron chi connectivity index (χ4n) is 3.92. The first kappa shape index (κ1) is 15.0. The second kappa shape index (κ2) is 6.47. The van der Waals surface area contributed by atoms with E-state index in [0.717, 1.165) is 38.9 Å². The van der Waals surface area contributed by atoms with Gasteiger partial charge >= 0.3 is 0 Å². The highest BCUT2D eigenvalue weighted by atomic mass is 16.6. The summed E-state index contributed by atoms with van der Waals surface area (Å²) >= 11 is 0. The summed E-state index contributed by atoms with van der Waals surface area (Å²) in [4.78, 5) is 0. The van der Waals surface area contributed by atoms with Gasteiger partial charge in [0.15, 0.2) is 0 Å². The van der Waals surface area contributed by atoms with Crippen molar-refractivity contribution in [2.75, 3.05) is 19.8 Å². The Kier molecular flexibility index (Phi) is 4.63. The summed E-state index contributed by atoms with van der Waals surface area (Å²) < 4.78 is 11.5. The summed E-state index contributed by atoms with van der Waals surface area (Å²) in [5, 5.41) is 10.9. The van der Waals surface area contributed by atoms with Crippen molar-refractivity contribution >= 4 is 0 Å². The first-order valence-electron chi connectivity index (χ1n) is 8.19. The largest absolute Gasteiger partial charge is 0.392 e. The molecule has 2 fully saturated rings. The molecule has 1 N–H and O–H groups in total. The minimum Gasteiger partial charge on any atom is -0.392 e. The number of ether oxygens (including phenoxy) is 2. The van der Waals surface area contributed by atoms with E-state index in [-0.39, 0.29) is 17.6 Å². The Morgan fingerprint density at radius 3 is 2.76 bits per heavy atom. The lowest BCUT2D eigenvalue weighted by Crippen LogP contribution is -2.44. The Hall–Kier alpha value is -0.900. The van der Waals surface area contributed by atoms with Crippen LogP contribution in [-0.4, -0.2) is 36.6 Å². The van der Waals surface area contributed by atoms with Gasteiger partial charge in [-0.15, -0.1) is 0 Å². The Morgan fingerprint density at radius 2 is 2.10 bits per heavy atom. The van der Waals surface area contributed by atoms with Crippen LogP contribution in [0.25, 0.3) is 0 Å². The number of aliphatic hydroxyl groups is 1. The first-order valence-corrected chi connectivity index (χ1v) is 8.19. The van der Waals surface area contributed by atoms with Crippen LogP contribution in [0.3, 0.4) is 0 Å². The number of aliphatic hydroxyl groups excluding tert-OH is 1. The Bertz CT molecular complexity index is 439. The molecule has 3 rings (SSSR count). The van der Waals surface area contributed by atoms with Gasteiger partial charge in [0.1, 0.15) is 0 Å². The van der Waals surface area contributed by atoms with Gasteiger partial charge in [0.05, 0.1) is 18.3 Å². The summed E-state index contributed by atoms with van der Waals surface area (Å²) in [7, 11) is 0. The molecule has 2 saturated heterocycles. The lowest BCUT2D eigenvalue weighted by Gasteiger charge is -2.40. The Morgan fingerprint density at radius 1 is 1.29 bits per heavy atom. The van der Waals surface area contributed by atoms with Gasteiger partial charge in [-0.1, -0.05) is 37.3 Å². The summed E-state index contributed by atoms with van der Waals surface area (Å²) in [6, 6.07) is 10.4. The van der Waals surface area contributed by atoms with Crippen LogP contribution in [0, 0.1) is 5.92 Å². The molecule has 1 aromatic rings. The van der Waals surface area contributed by atoms with E-state index < -0.39 is 0 Å². The summed E-state index contributed by atoms with van der Waals surface area (Å²) in [6.45, 7) is 4.39. The molecule has 0 saturated carbocycles. The topological polar surface area (TPSA) is 38.7 Å². The van der Waals surface area contributed by atoms with Crippen LogP contribution in [0.15, 0.2) is 30.3 Å². The minimum atomic E-state index is -0.293. The lowest BCUT2D eigenvalue weighted by atomic mass is 9.76. The molecule has 3 heteroatoms. The van der Waals surface area contributed by atoms with Crippen molar-refractivity contribution in [2.24, 2.45) is 5.92 Å². The zero-order valence-corrected chi connectivity index (χ0v) is 12.8. The molecule has 0 amide bonds. The van der Waals surface area contributed by atoms with Crippen LogP contribution in [-0.2, 0) is 9.47 Å². The fourth-order valence-corrected chi connectivity index (χ4v) is 3.92. The van der Waals surface area contributed by atoms with Gasteiger partial charge in [0.25, 0.3) is 0 Å². The molecule has 1 spiro atoms. The van der Waals surface area contributed by atoms with Crippen molar-refractivity contribution in [2.45, 2.75) is 50.2 Å². The maximum Gasteiger partial charge on any atom is 0.0940 e. The molecule has 0 bridgehead atoms. The van der Waals surface area contributed by atoms with Crippen LogP contribution < -0.4 is 0 Å². The van der Waals surface area contributed by atoms with Gasteiger partial charge in [-0.2, -0.15) is 0 Å². The third-order valence-electron chi connectivity index (χ3n) is 5.16. The zero-order chi connectivity index (χ0) is 14.7. The molecule has 0 aliphatic carbocycles. The molecule has 4 unspecified atom stereocenters. The normalized spacial score (nSPS) is 32.2. The molecule has 2 aliphatic heterocycles. The number of hydrogen-bond acceptors (Lipinski definition) is 3. The van der Waals surface area contributed by atoms with E-state index in [9.17, 15) is 5.11 Å². The van der Waals surface area contributed by atoms with Gasteiger partial charge in [0.2, 0.25) is 0 Å². The molecular formula is C18H26O3. The predicted molar refractivity (Wildman–Crippen MR) is 82.3 cm³/mol. The maximum absolute atomic E-state index is 10.9. The standard InChI is InChI=1S/C18H26O3/c1-2-16(14-6-4-3-5-7-14)17(19)15-8-10-21-18(12-15)9-11-20-13-18/h3-7,15-17,19H,2,8-13H2,1H3. The zero-order valence-electron chi connectivity index (χ0n) is 12.8. The van der Waals surface area contributed by atoms with Gasteiger partial charge < -0.3 is 14.6 Å². The summed E-state index contributed by atoms with van der Waals surface area (Å²) in [5.74, 6) is 0.527. The van der Waals surface area contributed by atoms with Crippen LogP contribution in [0.1, 0.15) is 44.1 Å². The van der Waals surface area contributed by atoms with Crippen molar-refractivity contribution in [1.82, 2.24) is 0 Å². The first-order chi connectivity index (χ1) is 10.2. The molecular weight excluding hydrogens is 264 g/mol. The fraction of sp³-hybridized carbons (Fsp3) is 0.667. The van der Waals surface area contributed by atoms with Gasteiger partial charge in [-0.25, -0.2) is 0 Å². The van der Waals surface area contributed by atoms with Crippen molar-refractivity contribution in [3.8, 4) is 0 Å². The molecule has 2 heterocycles. The van der Waals surface area contributed by atoms with Gasteiger partial charge in [0, 0.05) is 25.6 Å². The van der Waals surface area contributed by atoms with Crippen molar-refractivity contribution in [1.29, 1.82) is 0 Å². The van der Waals surface area contributed by atoms with E-state index in [2.05, 4.69) is 31.2 Å². The van der Waals surface area contributed by atoms with Crippen LogP contribution >= 0.6 is 0 Å². The molecule has 0 aromatic heterocycles. The van der Waals surface area contributed by atoms with E-state index in [1.807, 2.05) is 6.07 Å². The van der Waals surface area contributed by atoms with E-state index in [1.165, 1.54) is 5.56 Å². The molecule has 1 aromatic carbocycles. The third kappa shape index (κ3) is 3.15. The van der Waals surface area contributed by atoms with E-state index >= 15 is 0 Å². The number of hydrogen-bond donors (Lipinski definition) is 1. The summed E-state index contributed by atoms with van der Waals surface area (Å²) in [6.07, 6.45) is 3.52. The second-order valence-electron chi connectivity index (χ2n) is 6.50. The number of rotatable bonds is 4. The van der Waals surface area contributed by atoms with Crippen molar-refractivity contribution < 1.29 is 14.6 Å². The number of benzene rings is 1. The quantitative estimate of drug-likeness (QED) is 0.926. The molecule has 4 atom stereocenters. The van der Waals surface area contributed by atoms with Gasteiger partial charge in [-0.3, -0.25) is 0 Å². The summed E-state index contributed by atoms with van der Waals surface area (Å²) in [5.41, 5.74) is 1.12. The lowest BCUT2D eigenvalue weighted by molar-refractivity contribution is -0.119. The molecule has 21 heavy (non-hydrogen) atoms. The Balaban J connectivity index is 1.72. The molecule has 2 aliphatic rings. The minimum absolute atomic E-state index is 0.126. The molecule has 116 valence electrons. The molecule has 3 nitrogen and oxygen atoms in total. The highest BCUT2D eigenvalue weighted by molar-refractivity contribution is 5.21. The SMILES string of the molecule is CCC(c1ccccc1)C(O)C1CCOC2(CCOC2)C1. The second-order valence-corrected chi connectivity index (χ2v) is 6.50. The highest BCUT2D eigenvalue weighted by Crippen LogP contribution is 2.40. The average Bonchev–Trinajstić information content (AvgIpc) is 2.97. The van der Waals surface area contributed by atoms with Gasteiger partial charge in [-0.05, 0) is 30.7 Å². The van der Waals surface area contributed by atoms with E-state index in [0.29, 0.717) is 12.5 Å². The van der Waals surface area contributed by atoms with E-state index in [4.69, 9.17) is 9.47 Å². The Labute approximate surface area is 127 Å². The third-order valence-corrected chi connectivity index (χ3v) is 5.16. The van der Waals surface area contributed by atoms with Crippen LogP contribution in [0.5, 0.6) is 0 Å². The molecule has 0 radical (unpaired) electrons. The van der Waals surface area contributed by atoms with E-state index in [1.54, 1.807) is 0 Å². The average molecular weight is 290 g/mol. The van der Waals surface area contributed by atoms with Crippen LogP contribution in [0.2, 0.25) is 0 Å². The maximum atomic E-state index is 10.9. The highest BCUT2D eigenvalue weighted by Gasteiger charge is 2.43. The predicted octanol–water partition coefficient (Wildman–Crippen LogP) is 3.13. The van der Waals surface area contributed by atoms with Crippen molar-refractivity contribution in [3.63, 3.8) is 0 Å². The van der Waals surface area contributed by atoms with Crippen molar-refractivity contribution in [3.05, 3.63) is 35.9 Å².